The molecule has 0 fully saturated rings. The first-order chi connectivity index (χ1) is 12.8. The molecule has 0 radical (unpaired) electrons. The minimum absolute atomic E-state index is 0.0827. The SMILES string of the molecule is Cc1cccc(C(=O)Nc2cccc(Oc3ccc(C(F)(F)F)nc3)n2)n1. The molecule has 1 amide bonds. The fourth-order valence-corrected chi connectivity index (χ4v) is 2.12. The third kappa shape index (κ3) is 4.78. The molecule has 0 unspecified atom stereocenters. The quantitative estimate of drug-likeness (QED) is 0.739. The van der Waals surface area contributed by atoms with E-state index in [4.69, 9.17) is 4.74 Å². The van der Waals surface area contributed by atoms with Gasteiger partial charge in [-0.2, -0.15) is 18.2 Å². The lowest BCUT2D eigenvalue weighted by atomic mass is 10.3. The predicted octanol–water partition coefficient (Wildman–Crippen LogP) is 4.24. The fourth-order valence-electron chi connectivity index (χ4n) is 2.12. The highest BCUT2D eigenvalue weighted by molar-refractivity contribution is 6.02. The summed E-state index contributed by atoms with van der Waals surface area (Å²) >= 11 is 0. The standard InChI is InChI=1S/C18H13F3N4O2/c1-11-4-2-5-13(23-11)17(26)25-15-6-3-7-16(24-15)27-12-8-9-14(22-10-12)18(19,20)21/h2-10H,1H3,(H,24,25,26). The van der Waals surface area contributed by atoms with E-state index in [-0.39, 0.29) is 23.1 Å². The number of aromatic nitrogens is 3. The van der Waals surface area contributed by atoms with Crippen LogP contribution in [0.5, 0.6) is 11.6 Å². The third-order valence-electron chi connectivity index (χ3n) is 3.34. The van der Waals surface area contributed by atoms with Crippen molar-refractivity contribution in [2.45, 2.75) is 13.1 Å². The Kier molecular flexibility index (Phi) is 5.02. The molecule has 3 rings (SSSR count). The van der Waals surface area contributed by atoms with E-state index in [1.165, 1.54) is 6.07 Å². The number of anilines is 1. The number of amides is 1. The average molecular weight is 374 g/mol. The Bertz CT molecular complexity index is 959. The van der Waals surface area contributed by atoms with Gasteiger partial charge < -0.3 is 10.1 Å². The third-order valence-corrected chi connectivity index (χ3v) is 3.34. The van der Waals surface area contributed by atoms with Crippen LogP contribution >= 0.6 is 0 Å². The van der Waals surface area contributed by atoms with Gasteiger partial charge in [0, 0.05) is 11.8 Å². The van der Waals surface area contributed by atoms with E-state index in [1.54, 1.807) is 37.3 Å². The van der Waals surface area contributed by atoms with E-state index in [9.17, 15) is 18.0 Å². The van der Waals surface area contributed by atoms with Gasteiger partial charge in [-0.1, -0.05) is 12.1 Å². The smallest absolute Gasteiger partial charge is 0.433 e. The van der Waals surface area contributed by atoms with Crippen molar-refractivity contribution in [3.63, 3.8) is 0 Å². The number of carbonyl (C=O) groups excluding carboxylic acids is 1. The second-order valence-corrected chi connectivity index (χ2v) is 5.46. The van der Waals surface area contributed by atoms with Gasteiger partial charge in [-0.05, 0) is 37.3 Å². The molecule has 1 N–H and O–H groups in total. The lowest BCUT2D eigenvalue weighted by Gasteiger charge is -2.09. The Morgan fingerprint density at radius 1 is 1.04 bits per heavy atom. The summed E-state index contributed by atoms with van der Waals surface area (Å²) in [6.07, 6.45) is -3.57. The Morgan fingerprint density at radius 3 is 2.48 bits per heavy atom. The largest absolute Gasteiger partial charge is 0.437 e. The average Bonchev–Trinajstić information content (AvgIpc) is 2.62. The second kappa shape index (κ2) is 7.40. The minimum Gasteiger partial charge on any atom is -0.437 e. The summed E-state index contributed by atoms with van der Waals surface area (Å²) in [7, 11) is 0. The van der Waals surface area contributed by atoms with Gasteiger partial charge in [0.15, 0.2) is 0 Å². The normalized spacial score (nSPS) is 11.1. The monoisotopic (exact) mass is 374 g/mol. The van der Waals surface area contributed by atoms with Crippen molar-refractivity contribution in [3.8, 4) is 11.6 Å². The van der Waals surface area contributed by atoms with Gasteiger partial charge in [-0.3, -0.25) is 4.79 Å². The molecular formula is C18H13F3N4O2. The maximum absolute atomic E-state index is 12.5. The molecule has 0 aliphatic heterocycles. The first-order valence-corrected chi connectivity index (χ1v) is 7.74. The Labute approximate surface area is 152 Å². The van der Waals surface area contributed by atoms with Gasteiger partial charge in [-0.25, -0.2) is 9.97 Å². The van der Waals surface area contributed by atoms with E-state index < -0.39 is 17.8 Å². The van der Waals surface area contributed by atoms with Gasteiger partial charge in [0.2, 0.25) is 5.88 Å². The Balaban J connectivity index is 1.71. The maximum Gasteiger partial charge on any atom is 0.433 e. The van der Waals surface area contributed by atoms with E-state index in [1.807, 2.05) is 0 Å². The van der Waals surface area contributed by atoms with Crippen molar-refractivity contribution in [1.29, 1.82) is 0 Å². The summed E-state index contributed by atoms with van der Waals surface area (Å²) in [5.74, 6) is -0.0638. The Hall–Kier alpha value is -3.49. The molecule has 0 bridgehead atoms. The van der Waals surface area contributed by atoms with Gasteiger partial charge in [0.1, 0.15) is 23.0 Å². The van der Waals surface area contributed by atoms with Crippen LogP contribution in [-0.2, 0) is 6.18 Å². The van der Waals surface area contributed by atoms with Crippen molar-refractivity contribution in [2.24, 2.45) is 0 Å². The van der Waals surface area contributed by atoms with Crippen molar-refractivity contribution < 1.29 is 22.7 Å². The number of ether oxygens (including phenoxy) is 1. The van der Waals surface area contributed by atoms with Crippen molar-refractivity contribution in [3.05, 3.63) is 71.8 Å². The van der Waals surface area contributed by atoms with Gasteiger partial charge in [0.05, 0.1) is 6.20 Å². The predicted molar refractivity (Wildman–Crippen MR) is 90.5 cm³/mol. The molecule has 6 nitrogen and oxygen atoms in total. The molecule has 27 heavy (non-hydrogen) atoms. The maximum atomic E-state index is 12.5. The molecule has 0 spiro atoms. The number of halogens is 3. The van der Waals surface area contributed by atoms with Crippen LogP contribution < -0.4 is 10.1 Å². The van der Waals surface area contributed by atoms with Crippen LogP contribution in [0.3, 0.4) is 0 Å². The van der Waals surface area contributed by atoms with Crippen LogP contribution in [-0.4, -0.2) is 20.9 Å². The molecule has 138 valence electrons. The van der Waals surface area contributed by atoms with Crippen LogP contribution in [0.1, 0.15) is 21.9 Å². The van der Waals surface area contributed by atoms with Crippen LogP contribution in [0.2, 0.25) is 0 Å². The molecule has 0 saturated carbocycles. The second-order valence-electron chi connectivity index (χ2n) is 5.46. The van der Waals surface area contributed by atoms with E-state index >= 15 is 0 Å². The van der Waals surface area contributed by atoms with Gasteiger partial charge >= 0.3 is 6.18 Å². The molecule has 9 heteroatoms. The minimum atomic E-state index is -4.52. The van der Waals surface area contributed by atoms with Crippen LogP contribution in [0, 0.1) is 6.92 Å². The van der Waals surface area contributed by atoms with Crippen molar-refractivity contribution in [2.75, 3.05) is 5.32 Å². The van der Waals surface area contributed by atoms with E-state index in [0.717, 1.165) is 18.3 Å². The molecule has 0 aliphatic rings. The van der Waals surface area contributed by atoms with Gasteiger partial charge in [0.25, 0.3) is 5.91 Å². The molecule has 3 aromatic heterocycles. The summed E-state index contributed by atoms with van der Waals surface area (Å²) in [5.41, 5.74) is -0.0907. The molecule has 0 atom stereocenters. The number of alkyl halides is 3. The number of hydrogen-bond donors (Lipinski definition) is 1. The van der Waals surface area contributed by atoms with Crippen LogP contribution in [0.25, 0.3) is 0 Å². The Morgan fingerprint density at radius 2 is 1.81 bits per heavy atom. The van der Waals surface area contributed by atoms with Crippen LogP contribution in [0.15, 0.2) is 54.7 Å². The molecular weight excluding hydrogens is 361 g/mol. The lowest BCUT2D eigenvalue weighted by molar-refractivity contribution is -0.141. The number of nitrogens with zero attached hydrogens (tertiary/aromatic N) is 3. The summed E-state index contributed by atoms with van der Waals surface area (Å²) in [6, 6.07) is 11.6. The number of nitrogens with one attached hydrogen (secondary N) is 1. The summed E-state index contributed by atoms with van der Waals surface area (Å²) < 4.78 is 43.0. The molecule has 0 saturated heterocycles. The summed E-state index contributed by atoms with van der Waals surface area (Å²) in [6.45, 7) is 1.77. The molecule has 0 aromatic carbocycles. The number of rotatable bonds is 4. The topological polar surface area (TPSA) is 77.0 Å². The number of aryl methyl sites for hydroxylation is 1. The van der Waals surface area contributed by atoms with Gasteiger partial charge in [-0.15, -0.1) is 0 Å². The highest BCUT2D eigenvalue weighted by Crippen LogP contribution is 2.29. The first-order valence-electron chi connectivity index (χ1n) is 7.74. The first kappa shape index (κ1) is 18.3. The summed E-state index contributed by atoms with van der Waals surface area (Å²) in [4.78, 5) is 23.7. The lowest BCUT2D eigenvalue weighted by Crippen LogP contribution is -2.15. The number of carbonyl (C=O) groups is 1. The van der Waals surface area contributed by atoms with Crippen LogP contribution in [0.4, 0.5) is 19.0 Å². The van der Waals surface area contributed by atoms with Crippen molar-refractivity contribution >= 4 is 11.7 Å². The molecule has 0 aliphatic carbocycles. The number of hydrogen-bond acceptors (Lipinski definition) is 5. The molecule has 3 heterocycles. The highest BCUT2D eigenvalue weighted by atomic mass is 19.4. The van der Waals surface area contributed by atoms with E-state index in [0.29, 0.717) is 5.69 Å². The zero-order valence-corrected chi connectivity index (χ0v) is 14.0. The summed E-state index contributed by atoms with van der Waals surface area (Å²) in [5, 5.41) is 2.58. The fraction of sp³-hybridized carbons (Fsp3) is 0.111. The van der Waals surface area contributed by atoms with E-state index in [2.05, 4.69) is 20.3 Å². The highest BCUT2D eigenvalue weighted by Gasteiger charge is 2.32. The zero-order chi connectivity index (χ0) is 19.4. The zero-order valence-electron chi connectivity index (χ0n) is 14.0. The van der Waals surface area contributed by atoms with Crippen molar-refractivity contribution in [1.82, 2.24) is 15.0 Å². The molecule has 3 aromatic rings. The number of pyridine rings is 3.